The number of carboxylic acids is 6. The van der Waals surface area contributed by atoms with Gasteiger partial charge in [-0.25, -0.2) is 14.4 Å². The molecule has 0 aromatic rings. The van der Waals surface area contributed by atoms with Crippen molar-refractivity contribution >= 4 is 35.8 Å². The van der Waals surface area contributed by atoms with Gasteiger partial charge in [0.2, 0.25) is 5.92 Å². The summed E-state index contributed by atoms with van der Waals surface area (Å²) in [6.07, 6.45) is 2.50. The van der Waals surface area contributed by atoms with E-state index in [1.54, 1.807) is 0 Å². The predicted molar refractivity (Wildman–Crippen MR) is 79.9 cm³/mol. The highest BCUT2D eigenvalue weighted by atomic mass is 16.4. The minimum atomic E-state index is -2.36. The molecular weight excluding hydrogens is 348 g/mol. The maximum atomic E-state index is 9.82. The first-order chi connectivity index (χ1) is 11.3. The largest absolute Gasteiger partial charge is 0.480 e. The molecule has 0 saturated carbocycles. The van der Waals surface area contributed by atoms with Crippen LogP contribution in [0.2, 0.25) is 0 Å². The summed E-state index contributed by atoms with van der Waals surface area (Å²) in [5, 5.41) is 46.7. The normalized spacial score (nSPS) is 7.56. The monoisotopic (exact) mass is 364 g/mol. The van der Waals surface area contributed by atoms with E-state index >= 15 is 0 Å². The first kappa shape index (κ1) is 29.1. The SMILES string of the molecule is C=CC(=O)O.C=CC(=O)O.C=CC(=O)O.O=C(O)C(C(=O)O)C(=O)O. The summed E-state index contributed by atoms with van der Waals surface area (Å²) in [5.41, 5.74) is 0. The number of hydrogen-bond acceptors (Lipinski definition) is 6. The average Bonchev–Trinajstić information content (AvgIpc) is 2.47. The van der Waals surface area contributed by atoms with Gasteiger partial charge in [-0.3, -0.25) is 14.4 Å². The highest BCUT2D eigenvalue weighted by molar-refractivity contribution is 6.10. The number of carbonyl (C=O) groups is 6. The molecule has 0 rings (SSSR count). The van der Waals surface area contributed by atoms with Crippen LogP contribution in [-0.2, 0) is 28.8 Å². The smallest absolute Gasteiger partial charge is 0.329 e. The lowest BCUT2D eigenvalue weighted by Gasteiger charge is -1.97. The van der Waals surface area contributed by atoms with Crippen LogP contribution >= 0.6 is 0 Å². The Morgan fingerprint density at radius 2 is 0.640 bits per heavy atom. The van der Waals surface area contributed by atoms with Crippen LogP contribution in [0.15, 0.2) is 38.0 Å². The third-order valence-corrected chi connectivity index (χ3v) is 1.26. The van der Waals surface area contributed by atoms with E-state index in [2.05, 4.69) is 19.7 Å². The van der Waals surface area contributed by atoms with Crippen LogP contribution in [0.5, 0.6) is 0 Å². The van der Waals surface area contributed by atoms with Crippen molar-refractivity contribution in [1.29, 1.82) is 0 Å². The zero-order valence-electron chi connectivity index (χ0n) is 12.6. The number of carboxylic acid groups (broad SMARTS) is 6. The van der Waals surface area contributed by atoms with Crippen molar-refractivity contribution in [2.24, 2.45) is 5.92 Å². The Balaban J connectivity index is -0.000000126. The van der Waals surface area contributed by atoms with Crippen molar-refractivity contribution in [3.05, 3.63) is 38.0 Å². The topological polar surface area (TPSA) is 224 Å². The second-order valence-corrected chi connectivity index (χ2v) is 3.07. The molecular formula is C13H16O12. The van der Waals surface area contributed by atoms with E-state index in [0.717, 1.165) is 18.2 Å². The third kappa shape index (κ3) is 33.1. The van der Waals surface area contributed by atoms with Gasteiger partial charge in [0.15, 0.2) is 0 Å². The molecule has 0 aliphatic heterocycles. The lowest BCUT2D eigenvalue weighted by Crippen LogP contribution is -2.31. The molecule has 25 heavy (non-hydrogen) atoms. The fourth-order valence-electron chi connectivity index (χ4n) is 0.317. The van der Waals surface area contributed by atoms with Crippen LogP contribution in [0.25, 0.3) is 0 Å². The van der Waals surface area contributed by atoms with E-state index in [-0.39, 0.29) is 0 Å². The molecule has 140 valence electrons. The van der Waals surface area contributed by atoms with Gasteiger partial charge in [0.05, 0.1) is 0 Å². The molecule has 0 heterocycles. The van der Waals surface area contributed by atoms with Crippen LogP contribution in [0.4, 0.5) is 0 Å². The maximum absolute atomic E-state index is 9.82. The van der Waals surface area contributed by atoms with Crippen molar-refractivity contribution in [2.75, 3.05) is 0 Å². The van der Waals surface area contributed by atoms with Crippen LogP contribution in [-0.4, -0.2) is 66.5 Å². The minimum Gasteiger partial charge on any atom is -0.480 e. The van der Waals surface area contributed by atoms with Crippen LogP contribution < -0.4 is 0 Å². The lowest BCUT2D eigenvalue weighted by atomic mass is 10.1. The molecule has 0 amide bonds. The zero-order valence-corrected chi connectivity index (χ0v) is 12.6. The quantitative estimate of drug-likeness (QED) is 0.262. The Morgan fingerprint density at radius 3 is 0.640 bits per heavy atom. The summed E-state index contributed by atoms with van der Waals surface area (Å²) in [6.45, 7) is 8.88. The predicted octanol–water partition coefficient (Wildman–Crippen LogP) is -0.373. The fraction of sp³-hybridized carbons (Fsp3) is 0.0769. The second kappa shape index (κ2) is 18.1. The number of hydrogen-bond donors (Lipinski definition) is 6. The average molecular weight is 364 g/mol. The van der Waals surface area contributed by atoms with E-state index in [4.69, 9.17) is 30.6 Å². The second-order valence-electron chi connectivity index (χ2n) is 3.07. The van der Waals surface area contributed by atoms with Crippen molar-refractivity contribution in [3.8, 4) is 0 Å². The van der Waals surface area contributed by atoms with E-state index in [1.165, 1.54) is 0 Å². The number of rotatable bonds is 6. The van der Waals surface area contributed by atoms with Gasteiger partial charge in [0.25, 0.3) is 0 Å². The Morgan fingerprint density at radius 1 is 0.520 bits per heavy atom. The summed E-state index contributed by atoms with van der Waals surface area (Å²) in [4.78, 5) is 57.2. The maximum Gasteiger partial charge on any atom is 0.329 e. The van der Waals surface area contributed by atoms with Gasteiger partial charge in [-0.2, -0.15) is 0 Å². The van der Waals surface area contributed by atoms with Gasteiger partial charge in [-0.05, 0) is 0 Å². The van der Waals surface area contributed by atoms with E-state index in [1.807, 2.05) is 0 Å². The highest BCUT2D eigenvalue weighted by Gasteiger charge is 2.33. The zero-order chi connectivity index (χ0) is 21.2. The summed E-state index contributed by atoms with van der Waals surface area (Å²) in [5.74, 6) is -10.9. The van der Waals surface area contributed by atoms with Crippen molar-refractivity contribution in [3.63, 3.8) is 0 Å². The Bertz CT molecular complexity index is 455. The van der Waals surface area contributed by atoms with Gasteiger partial charge >= 0.3 is 35.8 Å². The molecule has 0 aromatic heterocycles. The van der Waals surface area contributed by atoms with E-state index in [9.17, 15) is 28.8 Å². The Kier molecular flexibility index (Phi) is 21.1. The molecule has 0 fully saturated rings. The van der Waals surface area contributed by atoms with Crippen LogP contribution in [0.1, 0.15) is 0 Å². The standard InChI is InChI=1S/C4H4O6.3C3H4O2/c5-2(6)1(3(7)8)4(9)10;3*1-2-3(4)5/h1H,(H,5,6)(H,7,8)(H,9,10);3*2H,1H2,(H,4,5). The van der Waals surface area contributed by atoms with Gasteiger partial charge < -0.3 is 30.6 Å². The molecule has 0 spiro atoms. The molecule has 0 aliphatic carbocycles. The molecule has 0 radical (unpaired) electrons. The lowest BCUT2D eigenvalue weighted by molar-refractivity contribution is -0.164. The third-order valence-electron chi connectivity index (χ3n) is 1.26. The summed E-state index contributed by atoms with van der Waals surface area (Å²) >= 11 is 0. The minimum absolute atomic E-state index is 0.833. The molecule has 0 saturated heterocycles. The Labute approximate surface area is 140 Å². The highest BCUT2D eigenvalue weighted by Crippen LogP contribution is 1.95. The van der Waals surface area contributed by atoms with Gasteiger partial charge in [-0.15, -0.1) is 0 Å². The van der Waals surface area contributed by atoms with Crippen LogP contribution in [0, 0.1) is 5.92 Å². The first-order valence-corrected chi connectivity index (χ1v) is 5.52. The van der Waals surface area contributed by atoms with Gasteiger partial charge in [-0.1, -0.05) is 19.7 Å². The van der Waals surface area contributed by atoms with Crippen molar-refractivity contribution in [1.82, 2.24) is 0 Å². The molecule has 0 aliphatic rings. The molecule has 12 nitrogen and oxygen atoms in total. The van der Waals surface area contributed by atoms with Gasteiger partial charge in [0, 0.05) is 18.2 Å². The summed E-state index contributed by atoms with van der Waals surface area (Å²) < 4.78 is 0. The Hall–Kier alpha value is -3.96. The van der Waals surface area contributed by atoms with E-state index < -0.39 is 41.7 Å². The molecule has 0 bridgehead atoms. The first-order valence-electron chi connectivity index (χ1n) is 5.52. The van der Waals surface area contributed by atoms with Gasteiger partial charge in [0.1, 0.15) is 0 Å². The molecule has 0 unspecified atom stereocenters. The summed E-state index contributed by atoms with van der Waals surface area (Å²) in [6, 6.07) is 0. The molecule has 6 N–H and O–H groups in total. The molecule has 0 aromatic carbocycles. The number of aliphatic carboxylic acids is 6. The molecule has 0 atom stereocenters. The fourth-order valence-corrected chi connectivity index (χ4v) is 0.317. The van der Waals surface area contributed by atoms with Crippen molar-refractivity contribution < 1.29 is 59.4 Å². The molecule has 12 heteroatoms. The van der Waals surface area contributed by atoms with Crippen molar-refractivity contribution in [2.45, 2.75) is 0 Å². The van der Waals surface area contributed by atoms with Crippen LogP contribution in [0.3, 0.4) is 0 Å². The summed E-state index contributed by atoms with van der Waals surface area (Å²) in [7, 11) is 0. The van der Waals surface area contributed by atoms with E-state index in [0.29, 0.717) is 0 Å².